The van der Waals surface area contributed by atoms with Crippen LogP contribution in [0.2, 0.25) is 0 Å². The molecule has 0 heterocycles. The van der Waals surface area contributed by atoms with Crippen LogP contribution in [-0.4, -0.2) is 44.4 Å². The van der Waals surface area contributed by atoms with Gasteiger partial charge < -0.3 is 19.6 Å². The highest BCUT2D eigenvalue weighted by Gasteiger charge is 2.24. The molecule has 0 unspecified atom stereocenters. The molecule has 0 bridgehead atoms. The summed E-state index contributed by atoms with van der Waals surface area (Å²) in [6, 6.07) is 0. The van der Waals surface area contributed by atoms with Gasteiger partial charge in [0.25, 0.3) is 0 Å². The van der Waals surface area contributed by atoms with Gasteiger partial charge in [-0.2, -0.15) is 0 Å². The van der Waals surface area contributed by atoms with E-state index in [9.17, 15) is 18.7 Å². The first-order valence-corrected chi connectivity index (χ1v) is 12.9. The molecular formula is C18H36O10P2. The lowest BCUT2D eigenvalue weighted by molar-refractivity contribution is -0.124. The molecule has 0 atom stereocenters. The first kappa shape index (κ1) is 29.6. The van der Waals surface area contributed by atoms with Gasteiger partial charge in [-0.15, -0.1) is 0 Å². The van der Waals surface area contributed by atoms with Gasteiger partial charge in [-0.05, 0) is 36.5 Å². The van der Waals surface area contributed by atoms with Crippen LogP contribution in [0.5, 0.6) is 0 Å². The second kappa shape index (κ2) is 12.6. The molecule has 0 radical (unpaired) electrons. The molecule has 0 saturated carbocycles. The van der Waals surface area contributed by atoms with Crippen molar-refractivity contribution < 1.29 is 47.3 Å². The van der Waals surface area contributed by atoms with E-state index >= 15 is 0 Å². The molecule has 0 aliphatic heterocycles. The number of rotatable bonds is 17. The Labute approximate surface area is 178 Å². The molecule has 0 fully saturated rings. The maximum Gasteiger partial charge on any atom is 0.469 e. The number of ketones is 2. The van der Waals surface area contributed by atoms with Gasteiger partial charge in [-0.3, -0.25) is 18.6 Å². The van der Waals surface area contributed by atoms with E-state index in [4.69, 9.17) is 19.6 Å². The van der Waals surface area contributed by atoms with Crippen molar-refractivity contribution in [3.05, 3.63) is 0 Å². The van der Waals surface area contributed by atoms with Crippen molar-refractivity contribution in [3.63, 3.8) is 0 Å². The standard InChI is InChI=1S/C18H36O10P2/c1-17(2,11-13-27-29(21,22)23)9-7-15(19)5-6-16(20)8-10-18(3,4)12-14-28-30(24,25)26/h5-14H2,1-4H3,(H2,21,22,23)(H2,24,25,26). The fourth-order valence-electron chi connectivity index (χ4n) is 2.62. The van der Waals surface area contributed by atoms with Gasteiger partial charge in [-0.25, -0.2) is 9.13 Å². The lowest BCUT2D eigenvalue weighted by Gasteiger charge is -2.24. The van der Waals surface area contributed by atoms with E-state index in [1.807, 2.05) is 27.7 Å². The summed E-state index contributed by atoms with van der Waals surface area (Å²) < 4.78 is 30.2. The number of phosphoric acid groups is 2. The van der Waals surface area contributed by atoms with Crippen molar-refractivity contribution in [2.75, 3.05) is 13.2 Å². The van der Waals surface area contributed by atoms with E-state index in [2.05, 4.69) is 9.05 Å². The number of Topliss-reactive ketones (excluding diaryl/α,β-unsaturated/α-hetero) is 2. The van der Waals surface area contributed by atoms with Gasteiger partial charge in [0, 0.05) is 25.7 Å². The summed E-state index contributed by atoms with van der Waals surface area (Å²) in [7, 11) is -8.98. The zero-order valence-electron chi connectivity index (χ0n) is 18.2. The Morgan fingerprint density at radius 3 is 1.20 bits per heavy atom. The predicted molar refractivity (Wildman–Crippen MR) is 111 cm³/mol. The predicted octanol–water partition coefficient (Wildman–Crippen LogP) is 3.52. The summed E-state index contributed by atoms with van der Waals surface area (Å²) >= 11 is 0. The minimum Gasteiger partial charge on any atom is -0.303 e. The van der Waals surface area contributed by atoms with E-state index in [0.29, 0.717) is 25.7 Å². The second-order valence-corrected chi connectivity index (χ2v) is 11.5. The molecule has 0 aliphatic carbocycles. The van der Waals surface area contributed by atoms with Gasteiger partial charge in [0.05, 0.1) is 13.2 Å². The fourth-order valence-corrected chi connectivity index (χ4v) is 3.27. The van der Waals surface area contributed by atoms with Crippen LogP contribution in [0.4, 0.5) is 0 Å². The molecule has 10 nitrogen and oxygen atoms in total. The van der Waals surface area contributed by atoms with Crippen LogP contribution in [0.25, 0.3) is 0 Å². The molecular weight excluding hydrogens is 438 g/mol. The Morgan fingerprint density at radius 2 is 0.933 bits per heavy atom. The van der Waals surface area contributed by atoms with Crippen molar-refractivity contribution in [3.8, 4) is 0 Å². The summed E-state index contributed by atoms with van der Waals surface area (Å²) in [4.78, 5) is 58.9. The van der Waals surface area contributed by atoms with E-state index in [1.54, 1.807) is 0 Å². The molecule has 0 saturated heterocycles. The van der Waals surface area contributed by atoms with Crippen molar-refractivity contribution >= 4 is 27.2 Å². The van der Waals surface area contributed by atoms with Crippen LogP contribution >= 0.6 is 15.6 Å². The molecule has 0 aromatic heterocycles. The molecule has 0 aromatic rings. The number of carbonyl (C=O) groups is 2. The SMILES string of the molecule is CC(C)(CCOP(=O)(O)O)CCC(=O)CCC(=O)CCC(C)(C)CCOP(=O)(O)O. The third-order valence-corrected chi connectivity index (χ3v) is 5.96. The molecule has 0 rings (SSSR count). The third kappa shape index (κ3) is 18.3. The van der Waals surface area contributed by atoms with Crippen LogP contribution in [0.15, 0.2) is 0 Å². The number of hydrogen-bond acceptors (Lipinski definition) is 6. The van der Waals surface area contributed by atoms with Gasteiger partial charge in [0.2, 0.25) is 0 Å². The van der Waals surface area contributed by atoms with Crippen molar-refractivity contribution in [2.24, 2.45) is 10.8 Å². The minimum atomic E-state index is -4.49. The lowest BCUT2D eigenvalue weighted by Crippen LogP contribution is -2.17. The lowest BCUT2D eigenvalue weighted by atomic mass is 9.83. The van der Waals surface area contributed by atoms with Crippen LogP contribution < -0.4 is 0 Å². The Morgan fingerprint density at radius 1 is 0.633 bits per heavy atom. The monoisotopic (exact) mass is 474 g/mol. The number of hydrogen-bond donors (Lipinski definition) is 4. The normalized spacial score (nSPS) is 13.5. The Balaban J connectivity index is 4.11. The van der Waals surface area contributed by atoms with Crippen molar-refractivity contribution in [1.29, 1.82) is 0 Å². The molecule has 4 N–H and O–H groups in total. The summed E-state index contributed by atoms with van der Waals surface area (Å²) in [6.45, 7) is 7.33. The zero-order valence-corrected chi connectivity index (χ0v) is 20.0. The Hall–Kier alpha value is -0.440. The summed E-state index contributed by atoms with van der Waals surface area (Å²) in [5, 5.41) is 0. The first-order chi connectivity index (χ1) is 13.4. The molecule has 30 heavy (non-hydrogen) atoms. The Bertz CT molecular complexity index is 591. The number of phosphoric ester groups is 2. The number of carbonyl (C=O) groups excluding carboxylic acids is 2. The highest BCUT2D eigenvalue weighted by Crippen LogP contribution is 2.38. The van der Waals surface area contributed by atoms with Crippen LogP contribution in [-0.2, 0) is 27.8 Å². The van der Waals surface area contributed by atoms with E-state index in [1.165, 1.54) is 0 Å². The van der Waals surface area contributed by atoms with E-state index in [0.717, 1.165) is 0 Å². The summed E-state index contributed by atoms with van der Waals surface area (Å²) in [5.74, 6) is -0.0803. The average molecular weight is 474 g/mol. The average Bonchev–Trinajstić information content (AvgIpc) is 2.53. The quantitative estimate of drug-likeness (QED) is 0.229. The molecule has 0 aromatic carbocycles. The van der Waals surface area contributed by atoms with Gasteiger partial charge in [0.1, 0.15) is 11.6 Å². The smallest absolute Gasteiger partial charge is 0.303 e. The first-order valence-electron chi connectivity index (χ1n) is 9.84. The second-order valence-electron chi connectivity index (χ2n) is 9.05. The van der Waals surface area contributed by atoms with Crippen molar-refractivity contribution in [2.45, 2.75) is 79.1 Å². The highest BCUT2D eigenvalue weighted by molar-refractivity contribution is 7.46. The summed E-state index contributed by atoms with van der Waals surface area (Å²) in [5.41, 5.74) is -0.651. The maximum absolute atomic E-state index is 12.1. The Kier molecular flexibility index (Phi) is 12.4. The third-order valence-electron chi connectivity index (χ3n) is 4.92. The maximum atomic E-state index is 12.1. The van der Waals surface area contributed by atoms with E-state index < -0.39 is 15.6 Å². The fraction of sp³-hybridized carbons (Fsp3) is 0.889. The molecule has 178 valence electrons. The summed E-state index contributed by atoms with van der Waals surface area (Å²) in [6.07, 6.45) is 2.69. The van der Waals surface area contributed by atoms with Crippen molar-refractivity contribution in [1.82, 2.24) is 0 Å². The largest absolute Gasteiger partial charge is 0.469 e. The molecule has 0 aliphatic rings. The van der Waals surface area contributed by atoms with Crippen LogP contribution in [0.1, 0.15) is 79.1 Å². The molecule has 0 spiro atoms. The van der Waals surface area contributed by atoms with Crippen LogP contribution in [0, 0.1) is 10.8 Å². The zero-order chi connectivity index (χ0) is 23.6. The van der Waals surface area contributed by atoms with E-state index in [-0.39, 0.29) is 61.3 Å². The van der Waals surface area contributed by atoms with Gasteiger partial charge in [-0.1, -0.05) is 27.7 Å². The minimum absolute atomic E-state index is 0.0402. The molecule has 12 heteroatoms. The topological polar surface area (TPSA) is 168 Å². The molecule has 0 amide bonds. The highest BCUT2D eigenvalue weighted by atomic mass is 31.2. The van der Waals surface area contributed by atoms with Gasteiger partial charge in [0.15, 0.2) is 0 Å². The van der Waals surface area contributed by atoms with Gasteiger partial charge >= 0.3 is 15.6 Å². The van der Waals surface area contributed by atoms with Crippen LogP contribution in [0.3, 0.4) is 0 Å².